The first-order chi connectivity index (χ1) is 13.1. The van der Waals surface area contributed by atoms with E-state index < -0.39 is 12.2 Å². The summed E-state index contributed by atoms with van der Waals surface area (Å²) in [6.07, 6.45) is -1.16. The van der Waals surface area contributed by atoms with Crippen LogP contribution in [0.15, 0.2) is 42.5 Å². The van der Waals surface area contributed by atoms with E-state index >= 15 is 0 Å². The van der Waals surface area contributed by atoms with Crippen molar-refractivity contribution in [3.05, 3.63) is 47.5 Å². The minimum absolute atomic E-state index is 0.270. The van der Waals surface area contributed by atoms with E-state index in [1.807, 2.05) is 37.3 Å². The third kappa shape index (κ3) is 3.82. The number of para-hydroxylation sites is 2. The number of rotatable bonds is 3. The summed E-state index contributed by atoms with van der Waals surface area (Å²) in [5.74, 6) is 0.940. The van der Waals surface area contributed by atoms with Gasteiger partial charge in [-0.1, -0.05) is 23.7 Å². The van der Waals surface area contributed by atoms with Gasteiger partial charge in [0.25, 0.3) is 5.91 Å². The summed E-state index contributed by atoms with van der Waals surface area (Å²) < 4.78 is 17.1. The number of morpholine rings is 1. The first-order valence-electron chi connectivity index (χ1n) is 8.97. The molecule has 4 rings (SSSR count). The molecular weight excluding hydrogens is 368 g/mol. The summed E-state index contributed by atoms with van der Waals surface area (Å²) >= 11 is 6.17. The Morgan fingerprint density at radius 2 is 1.81 bits per heavy atom. The smallest absolute Gasteiger partial charge is 0.269 e. The van der Waals surface area contributed by atoms with Crippen molar-refractivity contribution in [2.24, 2.45) is 0 Å². The molecule has 0 radical (unpaired) electrons. The summed E-state index contributed by atoms with van der Waals surface area (Å²) in [6, 6.07) is 12.8. The van der Waals surface area contributed by atoms with Gasteiger partial charge in [0.05, 0.1) is 24.6 Å². The molecule has 1 saturated heterocycles. The molecule has 2 heterocycles. The van der Waals surface area contributed by atoms with E-state index in [1.165, 1.54) is 0 Å². The second-order valence-corrected chi connectivity index (χ2v) is 6.99. The third-order valence-electron chi connectivity index (χ3n) is 4.67. The van der Waals surface area contributed by atoms with Crippen LogP contribution in [0.4, 0.5) is 11.4 Å². The Morgan fingerprint density at radius 1 is 1.11 bits per heavy atom. The molecule has 2 aliphatic rings. The van der Waals surface area contributed by atoms with Gasteiger partial charge in [-0.3, -0.25) is 4.79 Å². The van der Waals surface area contributed by atoms with Gasteiger partial charge in [0.15, 0.2) is 11.5 Å². The Morgan fingerprint density at radius 3 is 2.56 bits per heavy atom. The molecule has 1 fully saturated rings. The number of ether oxygens (including phenoxy) is 3. The summed E-state index contributed by atoms with van der Waals surface area (Å²) in [5.41, 5.74) is 1.57. The van der Waals surface area contributed by atoms with E-state index in [1.54, 1.807) is 12.1 Å². The largest absolute Gasteiger partial charge is 0.482 e. The second kappa shape index (κ2) is 7.66. The summed E-state index contributed by atoms with van der Waals surface area (Å²) in [5, 5.41) is 3.53. The van der Waals surface area contributed by atoms with Crippen molar-refractivity contribution >= 4 is 28.9 Å². The standard InChI is InChI=1S/C20H21ClN2O4/c1-13-19(27-18-5-3-2-4-17(18)26-13)20(24)22-15-12-14(21)6-7-16(15)23-8-10-25-11-9-23/h2-7,12-13,19H,8-11H2,1H3,(H,22,24)/t13-,19+/m0/s1. The van der Waals surface area contributed by atoms with E-state index in [-0.39, 0.29) is 5.91 Å². The van der Waals surface area contributed by atoms with Crippen molar-refractivity contribution in [1.82, 2.24) is 0 Å². The number of halogens is 1. The Balaban J connectivity index is 1.55. The van der Waals surface area contributed by atoms with Gasteiger partial charge in [-0.25, -0.2) is 0 Å². The number of carbonyl (C=O) groups excluding carboxylic acids is 1. The lowest BCUT2D eigenvalue weighted by molar-refractivity contribution is -0.128. The number of carbonyl (C=O) groups is 1. The zero-order chi connectivity index (χ0) is 18.8. The molecular formula is C20H21ClN2O4. The van der Waals surface area contributed by atoms with Gasteiger partial charge in [-0.05, 0) is 37.3 Å². The van der Waals surface area contributed by atoms with Gasteiger partial charge in [0, 0.05) is 18.1 Å². The molecule has 0 aliphatic carbocycles. The summed E-state index contributed by atoms with van der Waals surface area (Å²) in [7, 11) is 0. The Bertz CT molecular complexity index is 838. The molecule has 0 bridgehead atoms. The highest BCUT2D eigenvalue weighted by Gasteiger charge is 2.34. The number of nitrogens with one attached hydrogen (secondary N) is 1. The molecule has 0 spiro atoms. The highest BCUT2D eigenvalue weighted by Crippen LogP contribution is 2.35. The van der Waals surface area contributed by atoms with Crippen molar-refractivity contribution in [3.63, 3.8) is 0 Å². The fourth-order valence-electron chi connectivity index (χ4n) is 3.30. The molecule has 2 aromatic carbocycles. The van der Waals surface area contributed by atoms with Crippen LogP contribution in [-0.2, 0) is 9.53 Å². The molecule has 27 heavy (non-hydrogen) atoms. The summed E-state index contributed by atoms with van der Waals surface area (Å²) in [6.45, 7) is 4.66. The molecule has 0 aromatic heterocycles. The maximum Gasteiger partial charge on any atom is 0.269 e. The monoisotopic (exact) mass is 388 g/mol. The number of hydrogen-bond donors (Lipinski definition) is 1. The van der Waals surface area contributed by atoms with Gasteiger partial charge < -0.3 is 24.4 Å². The number of amides is 1. The maximum atomic E-state index is 12.9. The first-order valence-corrected chi connectivity index (χ1v) is 9.35. The van der Waals surface area contributed by atoms with Gasteiger partial charge in [0.1, 0.15) is 6.10 Å². The molecule has 2 atom stereocenters. The fraction of sp³-hybridized carbons (Fsp3) is 0.350. The molecule has 0 unspecified atom stereocenters. The van der Waals surface area contributed by atoms with Crippen LogP contribution in [0.2, 0.25) is 5.02 Å². The summed E-state index contributed by atoms with van der Waals surface area (Å²) in [4.78, 5) is 15.1. The number of hydrogen-bond acceptors (Lipinski definition) is 5. The molecule has 2 aromatic rings. The molecule has 6 nitrogen and oxygen atoms in total. The minimum Gasteiger partial charge on any atom is -0.482 e. The van der Waals surface area contributed by atoms with Crippen LogP contribution >= 0.6 is 11.6 Å². The second-order valence-electron chi connectivity index (χ2n) is 6.56. The number of anilines is 2. The quantitative estimate of drug-likeness (QED) is 0.873. The molecule has 142 valence electrons. The van der Waals surface area contributed by atoms with Crippen molar-refractivity contribution in [1.29, 1.82) is 0 Å². The Labute approximate surface area is 163 Å². The lowest BCUT2D eigenvalue weighted by Crippen LogP contribution is -2.46. The minimum atomic E-state index is -0.753. The topological polar surface area (TPSA) is 60.0 Å². The fourth-order valence-corrected chi connectivity index (χ4v) is 3.47. The Hall–Kier alpha value is -2.44. The average molecular weight is 389 g/mol. The normalized spacial score (nSPS) is 21.6. The van der Waals surface area contributed by atoms with Gasteiger partial charge in [0.2, 0.25) is 6.10 Å². The van der Waals surface area contributed by atoms with Crippen LogP contribution in [0.5, 0.6) is 11.5 Å². The van der Waals surface area contributed by atoms with E-state index in [9.17, 15) is 4.79 Å². The van der Waals surface area contributed by atoms with Crippen LogP contribution in [0.1, 0.15) is 6.92 Å². The average Bonchev–Trinajstić information content (AvgIpc) is 2.68. The molecule has 0 saturated carbocycles. The molecule has 1 N–H and O–H groups in total. The van der Waals surface area contributed by atoms with Gasteiger partial charge in [-0.15, -0.1) is 0 Å². The lowest BCUT2D eigenvalue weighted by atomic mass is 10.1. The van der Waals surface area contributed by atoms with Crippen LogP contribution in [0.3, 0.4) is 0 Å². The van der Waals surface area contributed by atoms with Crippen molar-refractivity contribution in [2.75, 3.05) is 36.5 Å². The van der Waals surface area contributed by atoms with E-state index in [0.717, 1.165) is 18.8 Å². The molecule has 7 heteroatoms. The van der Waals surface area contributed by atoms with Crippen LogP contribution in [-0.4, -0.2) is 44.4 Å². The van der Waals surface area contributed by atoms with Gasteiger partial charge in [-0.2, -0.15) is 0 Å². The van der Waals surface area contributed by atoms with Crippen molar-refractivity contribution < 1.29 is 19.0 Å². The van der Waals surface area contributed by atoms with Crippen molar-refractivity contribution in [2.45, 2.75) is 19.1 Å². The highest BCUT2D eigenvalue weighted by atomic mass is 35.5. The van der Waals surface area contributed by atoms with Gasteiger partial charge >= 0.3 is 0 Å². The first kappa shape index (κ1) is 17.9. The van der Waals surface area contributed by atoms with Crippen LogP contribution in [0, 0.1) is 0 Å². The van der Waals surface area contributed by atoms with E-state index in [2.05, 4.69) is 10.2 Å². The number of nitrogens with zero attached hydrogens (tertiary/aromatic N) is 1. The third-order valence-corrected chi connectivity index (χ3v) is 4.90. The van der Waals surface area contributed by atoms with E-state index in [4.69, 9.17) is 25.8 Å². The number of benzene rings is 2. The molecule has 1 amide bonds. The van der Waals surface area contributed by atoms with Crippen LogP contribution in [0.25, 0.3) is 0 Å². The number of fused-ring (bicyclic) bond motifs is 1. The lowest BCUT2D eigenvalue weighted by Gasteiger charge is -2.33. The van der Waals surface area contributed by atoms with Crippen LogP contribution < -0.4 is 19.7 Å². The predicted octanol–water partition coefficient (Wildman–Crippen LogP) is 3.34. The zero-order valence-corrected chi connectivity index (χ0v) is 15.7. The predicted molar refractivity (Wildman–Crippen MR) is 104 cm³/mol. The zero-order valence-electron chi connectivity index (χ0n) is 15.0. The SMILES string of the molecule is C[C@@H]1Oc2ccccc2O[C@H]1C(=O)Nc1cc(Cl)ccc1N1CCOCC1. The highest BCUT2D eigenvalue weighted by molar-refractivity contribution is 6.31. The Kier molecular flexibility index (Phi) is 5.09. The van der Waals surface area contributed by atoms with E-state index in [0.29, 0.717) is 35.4 Å². The molecule has 2 aliphatic heterocycles. The maximum absolute atomic E-state index is 12.9. The van der Waals surface area contributed by atoms with Crippen molar-refractivity contribution in [3.8, 4) is 11.5 Å².